The second-order valence-corrected chi connectivity index (χ2v) is 27.0. The summed E-state index contributed by atoms with van der Waals surface area (Å²) in [6.45, 7) is 3.16. The van der Waals surface area contributed by atoms with Gasteiger partial charge in [-0.3, -0.25) is 48.2 Å². The van der Waals surface area contributed by atoms with E-state index in [1.54, 1.807) is 9.80 Å². The van der Waals surface area contributed by atoms with Crippen LogP contribution in [0.5, 0.6) is 0 Å². The Labute approximate surface area is 413 Å². The SMILES string of the molecule is CCCN1C(=O)C2CCC3C4CCC5C(=O)N(N6C(=O)C7CCC8C9CCC%10C(=O)N(CC%11CCCCC%11)C(=O)C%11CCC(C%12CCC(C6=O)C7C8%12)C9C%10%11)C(=O)C6CCC(C7CCC(C1=O)C2C37)C4C56. The largest absolute Gasteiger partial charge is 0.282 e. The number of likely N-dealkylation sites (tertiary alicyclic amines) is 2. The minimum absolute atomic E-state index is 0.0622. The average molecular weight is 957 g/mol. The van der Waals surface area contributed by atoms with Gasteiger partial charge in [-0.2, -0.15) is 10.0 Å². The van der Waals surface area contributed by atoms with Crippen LogP contribution in [0.15, 0.2) is 0 Å². The predicted molar refractivity (Wildman–Crippen MR) is 252 cm³/mol. The quantitative estimate of drug-likeness (QED) is 0.257. The molecule has 11 aliphatic carbocycles. The number of hydrogen-bond donors (Lipinski definition) is 0. The van der Waals surface area contributed by atoms with E-state index in [9.17, 15) is 19.2 Å². The summed E-state index contributed by atoms with van der Waals surface area (Å²) in [6.07, 6.45) is 20.1. The molecule has 16 unspecified atom stereocenters. The van der Waals surface area contributed by atoms with E-state index < -0.39 is 0 Å². The summed E-state index contributed by atoms with van der Waals surface area (Å²) in [6, 6.07) is 0. The Morgan fingerprint density at radius 2 is 0.557 bits per heavy atom. The highest BCUT2D eigenvalue weighted by molar-refractivity contribution is 6.09. The maximum Gasteiger partial charge on any atom is 0.252 e. The summed E-state index contributed by atoms with van der Waals surface area (Å²) >= 11 is 0. The number of hydrogen-bond acceptors (Lipinski definition) is 8. The van der Waals surface area contributed by atoms with E-state index in [-0.39, 0.29) is 130 Å². The smallest absolute Gasteiger partial charge is 0.252 e. The van der Waals surface area contributed by atoms with Gasteiger partial charge in [-0.1, -0.05) is 26.2 Å². The first-order chi connectivity index (χ1) is 34.1. The zero-order valence-electron chi connectivity index (χ0n) is 41.5. The van der Waals surface area contributed by atoms with Crippen molar-refractivity contribution in [2.75, 3.05) is 13.1 Å². The van der Waals surface area contributed by atoms with Crippen molar-refractivity contribution in [3.05, 3.63) is 0 Å². The van der Waals surface area contributed by atoms with E-state index >= 15 is 19.2 Å². The first-order valence-corrected chi connectivity index (χ1v) is 29.5. The zero-order valence-corrected chi connectivity index (χ0v) is 41.5. The second-order valence-electron chi connectivity index (χ2n) is 27.0. The Bertz CT molecular complexity index is 2210. The molecule has 0 bridgehead atoms. The monoisotopic (exact) mass is 957 g/mol. The van der Waals surface area contributed by atoms with Crippen LogP contribution in [-0.2, 0) is 38.4 Å². The van der Waals surface area contributed by atoms with Gasteiger partial charge in [0.15, 0.2) is 0 Å². The van der Waals surface area contributed by atoms with Crippen LogP contribution in [0, 0.1) is 148 Å². The summed E-state index contributed by atoms with van der Waals surface area (Å²) < 4.78 is 0. The summed E-state index contributed by atoms with van der Waals surface area (Å²) in [5.74, 6) is 2.06. The molecule has 4 saturated heterocycles. The Balaban J connectivity index is 0.682. The van der Waals surface area contributed by atoms with Gasteiger partial charge in [-0.15, -0.1) is 0 Å². The maximum absolute atomic E-state index is 15.3. The maximum atomic E-state index is 15.3. The van der Waals surface area contributed by atoms with Crippen molar-refractivity contribution in [3.63, 3.8) is 0 Å². The molecule has 0 spiro atoms. The van der Waals surface area contributed by atoms with Crippen LogP contribution in [0.1, 0.15) is 148 Å². The number of hydrazine groups is 1. The third-order valence-electron chi connectivity index (χ3n) is 25.4. The number of rotatable bonds is 5. The lowest BCUT2D eigenvalue weighted by Crippen LogP contribution is -2.73. The van der Waals surface area contributed by atoms with Crippen molar-refractivity contribution in [3.8, 4) is 0 Å². The molecule has 8 amide bonds. The lowest BCUT2D eigenvalue weighted by Gasteiger charge is -2.68. The molecular weight excluding hydrogens is 881 g/mol. The van der Waals surface area contributed by atoms with Crippen molar-refractivity contribution >= 4 is 47.3 Å². The number of carbonyl (C=O) groups excluding carboxylic acids is 8. The van der Waals surface area contributed by atoms with Crippen molar-refractivity contribution < 1.29 is 38.4 Å². The number of nitrogens with zero attached hydrogens (tertiary/aromatic N) is 4. The van der Waals surface area contributed by atoms with Crippen LogP contribution in [0.3, 0.4) is 0 Å². The fraction of sp³-hybridized carbons (Fsp3) is 0.862. The molecule has 15 aliphatic rings. The molecule has 12 nitrogen and oxygen atoms in total. The highest BCUT2D eigenvalue weighted by Gasteiger charge is 2.72. The molecule has 0 aromatic heterocycles. The zero-order chi connectivity index (χ0) is 47.3. The molecular formula is C58H76N4O8. The number of imide groups is 4. The van der Waals surface area contributed by atoms with Crippen LogP contribution < -0.4 is 0 Å². The summed E-state index contributed by atoms with van der Waals surface area (Å²) in [4.78, 5) is 121. The van der Waals surface area contributed by atoms with Gasteiger partial charge in [0.25, 0.3) is 23.6 Å². The third-order valence-corrected chi connectivity index (χ3v) is 25.4. The number of piperidine rings is 4. The molecule has 4 heterocycles. The third kappa shape index (κ3) is 5.61. The summed E-state index contributed by atoms with van der Waals surface area (Å²) in [5.41, 5.74) is 0. The molecule has 15 rings (SSSR count). The fourth-order valence-corrected chi connectivity index (χ4v) is 23.7. The minimum atomic E-state index is -0.389. The average Bonchev–Trinajstić information content (AvgIpc) is 3.38. The second kappa shape index (κ2) is 15.8. The molecule has 11 saturated carbocycles. The van der Waals surface area contributed by atoms with Gasteiger partial charge in [0.1, 0.15) is 0 Å². The van der Waals surface area contributed by atoms with E-state index in [0.717, 1.165) is 106 Å². The molecule has 0 N–H and O–H groups in total. The molecule has 15 fully saturated rings. The molecule has 70 heavy (non-hydrogen) atoms. The highest BCUT2D eigenvalue weighted by Crippen LogP contribution is 2.72. The molecule has 4 aliphatic heterocycles. The summed E-state index contributed by atoms with van der Waals surface area (Å²) in [5, 5.41) is 2.29. The summed E-state index contributed by atoms with van der Waals surface area (Å²) in [7, 11) is 0. The van der Waals surface area contributed by atoms with Gasteiger partial charge in [-0.25, -0.2) is 0 Å². The van der Waals surface area contributed by atoms with Gasteiger partial charge >= 0.3 is 0 Å². The van der Waals surface area contributed by atoms with E-state index in [4.69, 9.17) is 0 Å². The number of carbonyl (C=O) groups is 8. The Morgan fingerprint density at radius 3 is 0.829 bits per heavy atom. The van der Waals surface area contributed by atoms with Crippen LogP contribution in [0.4, 0.5) is 0 Å². The van der Waals surface area contributed by atoms with Gasteiger partial charge in [0, 0.05) is 60.4 Å². The van der Waals surface area contributed by atoms with Crippen LogP contribution >= 0.6 is 0 Å². The topological polar surface area (TPSA) is 150 Å². The fourth-order valence-electron chi connectivity index (χ4n) is 23.7. The molecule has 0 aromatic carbocycles. The predicted octanol–water partition coefficient (Wildman–Crippen LogP) is 7.53. The Morgan fingerprint density at radius 1 is 0.300 bits per heavy atom. The first kappa shape index (κ1) is 44.1. The molecule has 12 heteroatoms. The Hall–Kier alpha value is -3.44. The van der Waals surface area contributed by atoms with E-state index in [2.05, 4.69) is 0 Å². The van der Waals surface area contributed by atoms with E-state index in [1.807, 2.05) is 6.92 Å². The minimum Gasteiger partial charge on any atom is -0.282 e. The molecule has 376 valence electrons. The van der Waals surface area contributed by atoms with Gasteiger partial charge in [0.2, 0.25) is 23.6 Å². The van der Waals surface area contributed by atoms with E-state index in [1.165, 1.54) is 19.3 Å². The van der Waals surface area contributed by atoms with Crippen molar-refractivity contribution in [1.29, 1.82) is 0 Å². The standard InChI is InChI=1S/C58H76N4O8/c1-2-24-59-51(63)35-16-8-27-31-12-20-39-49-40(21-13-32(45(31)49)28-9-17-36(52(59)64)47(35)43(27)28)56(68)61(55(39)67)62-57(69)41-22-14-33-29-10-18-37-48-38(54(66)60(53(37)65)25-26-6-4-3-5-7-26)19-11-30(44(29)48)34-15-23-42(58(62)70)50(41)46(33)34/h26-50H,2-25H2,1H3. The number of amides is 8. The highest BCUT2D eigenvalue weighted by atomic mass is 16.2. The molecule has 0 radical (unpaired) electrons. The van der Waals surface area contributed by atoms with Crippen LogP contribution in [0.2, 0.25) is 0 Å². The molecule has 16 atom stereocenters. The number of fused-ring (bicyclic) bond motifs is 4. The van der Waals surface area contributed by atoms with E-state index in [0.29, 0.717) is 104 Å². The van der Waals surface area contributed by atoms with Gasteiger partial charge in [0.05, 0.1) is 0 Å². The molecule has 0 aromatic rings. The lowest BCUT2D eigenvalue weighted by atomic mass is 9.38. The van der Waals surface area contributed by atoms with Gasteiger partial charge in [-0.05, 0) is 223 Å². The van der Waals surface area contributed by atoms with Crippen LogP contribution in [0.25, 0.3) is 0 Å². The lowest BCUT2D eigenvalue weighted by molar-refractivity contribution is -0.229. The Kier molecular flexibility index (Phi) is 9.94. The normalized spacial score (nSPS) is 52.0. The van der Waals surface area contributed by atoms with Crippen molar-refractivity contribution in [1.82, 2.24) is 19.8 Å². The van der Waals surface area contributed by atoms with Crippen molar-refractivity contribution in [2.24, 2.45) is 148 Å². The van der Waals surface area contributed by atoms with Gasteiger partial charge < -0.3 is 0 Å². The first-order valence-electron chi connectivity index (χ1n) is 29.5. The van der Waals surface area contributed by atoms with Crippen molar-refractivity contribution in [2.45, 2.75) is 148 Å². The van der Waals surface area contributed by atoms with Crippen LogP contribution in [-0.4, -0.2) is 80.2 Å².